The molecule has 10 rings (SSSR count). The van der Waals surface area contributed by atoms with E-state index < -0.39 is 0 Å². The van der Waals surface area contributed by atoms with Crippen molar-refractivity contribution in [3.05, 3.63) is 176 Å². The molecular formula is C47H36N2. The molecule has 0 aliphatic heterocycles. The number of hydrogen-bond donors (Lipinski definition) is 0. The van der Waals surface area contributed by atoms with Crippen LogP contribution in [0.25, 0.3) is 71.6 Å². The zero-order chi connectivity index (χ0) is 32.5. The molecule has 2 aliphatic carbocycles. The molecule has 0 bridgehead atoms. The first-order valence-corrected chi connectivity index (χ1v) is 17.5. The second-order valence-corrected chi connectivity index (χ2v) is 13.6. The van der Waals surface area contributed by atoms with Crippen molar-refractivity contribution in [2.24, 2.45) is 5.92 Å². The normalized spacial score (nSPS) is 18.0. The van der Waals surface area contributed by atoms with Crippen molar-refractivity contribution in [1.82, 2.24) is 9.13 Å². The third-order valence-corrected chi connectivity index (χ3v) is 11.0. The van der Waals surface area contributed by atoms with E-state index in [9.17, 15) is 0 Å². The van der Waals surface area contributed by atoms with Gasteiger partial charge in [0.15, 0.2) is 0 Å². The summed E-state index contributed by atoms with van der Waals surface area (Å²) in [7, 11) is 0. The Hall–Kier alpha value is -5.86. The molecule has 2 heterocycles. The first kappa shape index (κ1) is 28.2. The third-order valence-electron chi connectivity index (χ3n) is 11.0. The summed E-state index contributed by atoms with van der Waals surface area (Å²) in [5.74, 6) is 0.495. The Morgan fingerprint density at radius 1 is 0.571 bits per heavy atom. The lowest BCUT2D eigenvalue weighted by atomic mass is 9.76. The van der Waals surface area contributed by atoms with E-state index in [1.165, 1.54) is 77.2 Å². The summed E-state index contributed by atoms with van der Waals surface area (Å²) in [5.41, 5.74) is 12.8. The first-order chi connectivity index (χ1) is 24.2. The van der Waals surface area contributed by atoms with Crippen LogP contribution >= 0.6 is 0 Å². The van der Waals surface area contributed by atoms with E-state index in [1.807, 2.05) is 0 Å². The number of nitrogens with zero attached hydrogens (tertiary/aromatic N) is 2. The molecular weight excluding hydrogens is 593 g/mol. The lowest BCUT2D eigenvalue weighted by molar-refractivity contribution is 0.827. The van der Waals surface area contributed by atoms with Crippen molar-refractivity contribution in [1.29, 1.82) is 0 Å². The highest BCUT2D eigenvalue weighted by molar-refractivity contribution is 6.13. The monoisotopic (exact) mass is 628 g/mol. The van der Waals surface area contributed by atoms with Gasteiger partial charge in [-0.15, -0.1) is 0 Å². The molecule has 49 heavy (non-hydrogen) atoms. The highest BCUT2D eigenvalue weighted by Gasteiger charge is 2.55. The topological polar surface area (TPSA) is 9.86 Å². The average molecular weight is 629 g/mol. The van der Waals surface area contributed by atoms with Crippen LogP contribution in [0.4, 0.5) is 0 Å². The molecule has 2 aromatic heterocycles. The molecule has 1 saturated carbocycles. The maximum absolute atomic E-state index is 2.48. The lowest BCUT2D eigenvalue weighted by Gasteiger charge is -2.27. The van der Waals surface area contributed by atoms with Gasteiger partial charge in [-0.05, 0) is 82.5 Å². The van der Waals surface area contributed by atoms with Crippen LogP contribution in [0.15, 0.2) is 170 Å². The number of aromatic nitrogens is 2. The van der Waals surface area contributed by atoms with Crippen LogP contribution in [0.5, 0.6) is 0 Å². The Balaban J connectivity index is 1.35. The Morgan fingerprint density at radius 2 is 1.18 bits per heavy atom. The highest BCUT2D eigenvalue weighted by Crippen LogP contribution is 2.63. The van der Waals surface area contributed by atoms with Gasteiger partial charge in [-0.3, -0.25) is 0 Å². The number of hydrogen-bond acceptors (Lipinski definition) is 0. The predicted octanol–water partition coefficient (Wildman–Crippen LogP) is 12.1. The predicted molar refractivity (Wildman–Crippen MR) is 206 cm³/mol. The van der Waals surface area contributed by atoms with Crippen LogP contribution in [-0.2, 0) is 12.0 Å². The molecule has 234 valence electrons. The Morgan fingerprint density at radius 3 is 1.88 bits per heavy atom. The number of fused-ring (bicyclic) bond motifs is 5. The van der Waals surface area contributed by atoms with Crippen LogP contribution in [0.2, 0.25) is 0 Å². The molecule has 1 fully saturated rings. The molecule has 2 heteroatoms. The summed E-state index contributed by atoms with van der Waals surface area (Å²) < 4.78 is 4.82. The summed E-state index contributed by atoms with van der Waals surface area (Å²) in [5, 5.41) is 5.22. The van der Waals surface area contributed by atoms with Crippen molar-refractivity contribution in [3.8, 4) is 39.1 Å². The molecule has 2 unspecified atom stereocenters. The van der Waals surface area contributed by atoms with E-state index in [0.717, 1.165) is 13.0 Å². The van der Waals surface area contributed by atoms with E-state index in [4.69, 9.17) is 0 Å². The largest absolute Gasteiger partial charge is 0.341 e. The number of benzene rings is 6. The quantitative estimate of drug-likeness (QED) is 0.173. The van der Waals surface area contributed by atoms with Crippen LogP contribution < -0.4 is 0 Å². The lowest BCUT2D eigenvalue weighted by Crippen LogP contribution is -2.12. The molecule has 0 N–H and O–H groups in total. The van der Waals surface area contributed by atoms with Gasteiger partial charge in [0, 0.05) is 62.6 Å². The molecule has 2 aliphatic rings. The van der Waals surface area contributed by atoms with Gasteiger partial charge >= 0.3 is 0 Å². The van der Waals surface area contributed by atoms with E-state index in [2.05, 4.69) is 186 Å². The van der Waals surface area contributed by atoms with Crippen molar-refractivity contribution in [3.63, 3.8) is 0 Å². The van der Waals surface area contributed by atoms with E-state index in [1.54, 1.807) is 0 Å². The minimum absolute atomic E-state index is 0.0401. The second kappa shape index (κ2) is 10.8. The van der Waals surface area contributed by atoms with Gasteiger partial charge in [0.1, 0.15) is 0 Å². The Kier molecular flexibility index (Phi) is 6.23. The van der Waals surface area contributed by atoms with Gasteiger partial charge in [0.05, 0.1) is 0 Å². The molecule has 0 radical (unpaired) electrons. The summed E-state index contributed by atoms with van der Waals surface area (Å²) in [4.78, 5) is 0. The second-order valence-electron chi connectivity index (χ2n) is 13.6. The van der Waals surface area contributed by atoms with Gasteiger partial charge in [-0.1, -0.05) is 133 Å². The Labute approximate surface area is 286 Å². The van der Waals surface area contributed by atoms with Crippen LogP contribution in [0.1, 0.15) is 18.9 Å². The van der Waals surface area contributed by atoms with Gasteiger partial charge in [-0.25, -0.2) is 0 Å². The number of rotatable bonds is 6. The minimum Gasteiger partial charge on any atom is -0.341 e. The summed E-state index contributed by atoms with van der Waals surface area (Å²) in [6, 6.07) is 49.0. The van der Waals surface area contributed by atoms with Crippen molar-refractivity contribution >= 4 is 32.6 Å². The van der Waals surface area contributed by atoms with Crippen LogP contribution in [0.3, 0.4) is 0 Å². The standard InChI is InChI=1S/C47H36N2/c1-2-49-41-24-13-12-23-37(41)38-28-36(25-26-42(38)49)48-30-39-40(31-48)46(47-27-15-14-22-35(47)29-47)45(34-20-10-5-11-21-34)44(33-18-8-4-9-19-33)43(39)32-16-6-3-7-17-32/h3-28,30-31,35H,2,29H2,1H3. The molecule has 6 aromatic carbocycles. The zero-order valence-corrected chi connectivity index (χ0v) is 27.6. The van der Waals surface area contributed by atoms with Crippen molar-refractivity contribution in [2.45, 2.75) is 25.3 Å². The Bertz CT molecular complexity index is 2600. The number of allylic oxidation sites excluding steroid dienone is 4. The van der Waals surface area contributed by atoms with Crippen LogP contribution in [0, 0.1) is 5.92 Å². The number of para-hydroxylation sites is 1. The molecule has 0 saturated heterocycles. The third kappa shape index (κ3) is 4.20. The fraction of sp³-hybridized carbons (Fsp3) is 0.106. The zero-order valence-electron chi connectivity index (χ0n) is 27.6. The fourth-order valence-electron chi connectivity index (χ4n) is 8.77. The average Bonchev–Trinajstić information content (AvgIpc) is 3.62. The minimum atomic E-state index is -0.0401. The molecule has 2 atom stereocenters. The summed E-state index contributed by atoms with van der Waals surface area (Å²) in [6.45, 7) is 3.18. The molecule has 0 amide bonds. The van der Waals surface area contributed by atoms with Crippen molar-refractivity contribution in [2.75, 3.05) is 0 Å². The maximum atomic E-state index is 2.48. The highest BCUT2D eigenvalue weighted by atomic mass is 15.0. The molecule has 2 nitrogen and oxygen atoms in total. The number of aryl methyl sites for hydroxylation is 1. The van der Waals surface area contributed by atoms with Crippen molar-refractivity contribution < 1.29 is 0 Å². The summed E-state index contributed by atoms with van der Waals surface area (Å²) in [6.07, 6.45) is 15.4. The van der Waals surface area contributed by atoms with Gasteiger partial charge in [0.25, 0.3) is 0 Å². The smallest absolute Gasteiger partial charge is 0.0492 e. The van der Waals surface area contributed by atoms with E-state index in [0.29, 0.717) is 5.92 Å². The van der Waals surface area contributed by atoms with E-state index >= 15 is 0 Å². The van der Waals surface area contributed by atoms with E-state index in [-0.39, 0.29) is 5.41 Å². The molecule has 0 spiro atoms. The fourth-order valence-corrected chi connectivity index (χ4v) is 8.77. The van der Waals surface area contributed by atoms with Gasteiger partial charge in [0.2, 0.25) is 0 Å². The maximum Gasteiger partial charge on any atom is 0.0492 e. The molecule has 8 aromatic rings. The SMILES string of the molecule is CCn1c2ccccc2c2cc(-n3cc4c(-c5ccccc5)c(-c5ccccc5)c(-c5ccccc5)c(C56C=CC=CC5C6)c4c3)ccc21. The summed E-state index contributed by atoms with van der Waals surface area (Å²) >= 11 is 0. The van der Waals surface area contributed by atoms with Gasteiger partial charge < -0.3 is 9.13 Å². The van der Waals surface area contributed by atoms with Gasteiger partial charge in [-0.2, -0.15) is 0 Å². The first-order valence-electron chi connectivity index (χ1n) is 17.5. The van der Waals surface area contributed by atoms with Crippen LogP contribution in [-0.4, -0.2) is 9.13 Å².